The van der Waals surface area contributed by atoms with Gasteiger partial charge in [-0.15, -0.1) is 8.58 Å². The lowest BCUT2D eigenvalue weighted by molar-refractivity contribution is 0.725. The topological polar surface area (TPSA) is 0 Å². The molecule has 0 atom stereocenters. The number of benzene rings is 1. The van der Waals surface area contributed by atoms with Crippen molar-refractivity contribution in [2.75, 3.05) is 0 Å². The zero-order valence-electron chi connectivity index (χ0n) is 11.9. The molecule has 0 saturated carbocycles. The van der Waals surface area contributed by atoms with Gasteiger partial charge in [0.05, 0.1) is 0 Å². The molecule has 1 rings (SSSR count). The van der Waals surface area contributed by atoms with Crippen LogP contribution < -0.4 is 0 Å². The first-order valence-electron chi connectivity index (χ1n) is 5.91. The zero-order valence-corrected chi connectivity index (χ0v) is 12.9. The molecule has 0 aliphatic heterocycles. The molecule has 16 heavy (non-hydrogen) atoms. The van der Waals surface area contributed by atoms with Crippen LogP contribution in [-0.2, 0) is 0 Å². The van der Waals surface area contributed by atoms with Crippen molar-refractivity contribution in [2.45, 2.75) is 58.8 Å². The SMILES string of the molecule is CC(C)(C)PC(C)(C)C.Cc1ccccc1. The Morgan fingerprint density at radius 2 is 1.12 bits per heavy atom. The lowest BCUT2D eigenvalue weighted by Gasteiger charge is -2.28. The molecule has 0 unspecified atom stereocenters. The van der Waals surface area contributed by atoms with Crippen molar-refractivity contribution < 1.29 is 0 Å². The molecular weight excluding hydrogens is 211 g/mol. The van der Waals surface area contributed by atoms with Gasteiger partial charge in [-0.2, -0.15) is 0 Å². The summed E-state index contributed by atoms with van der Waals surface area (Å²) in [4.78, 5) is 0. The highest BCUT2D eigenvalue weighted by Crippen LogP contribution is 2.41. The zero-order chi connectivity index (χ0) is 12.8. The Balaban J connectivity index is 0.000000288. The van der Waals surface area contributed by atoms with Gasteiger partial charge in [0.25, 0.3) is 0 Å². The standard InChI is InChI=1S/C8H19P.C7H8/c1-7(2,3)9-8(4,5)6;1-7-5-3-2-4-6-7/h9H,1-6H3;2-6H,1H3. The summed E-state index contributed by atoms with van der Waals surface area (Å²) in [6.45, 7) is 15.9. The Labute approximate surface area is 104 Å². The van der Waals surface area contributed by atoms with Crippen molar-refractivity contribution >= 4 is 8.58 Å². The monoisotopic (exact) mass is 238 g/mol. The highest BCUT2D eigenvalue weighted by molar-refractivity contribution is 7.41. The smallest absolute Gasteiger partial charge is 0.0202 e. The first kappa shape index (κ1) is 15.7. The number of rotatable bonds is 0. The van der Waals surface area contributed by atoms with Crippen LogP contribution in [0.3, 0.4) is 0 Å². The first-order valence-corrected chi connectivity index (χ1v) is 6.91. The van der Waals surface area contributed by atoms with E-state index in [1.807, 2.05) is 18.2 Å². The van der Waals surface area contributed by atoms with Crippen LogP contribution in [0.25, 0.3) is 0 Å². The van der Waals surface area contributed by atoms with Gasteiger partial charge in [-0.05, 0) is 17.2 Å². The van der Waals surface area contributed by atoms with E-state index < -0.39 is 0 Å². The van der Waals surface area contributed by atoms with Crippen molar-refractivity contribution in [3.05, 3.63) is 35.9 Å². The minimum Gasteiger partial charge on any atom is -0.111 e. The molecule has 0 saturated heterocycles. The number of hydrogen-bond donors (Lipinski definition) is 0. The van der Waals surface area contributed by atoms with Gasteiger partial charge in [0.1, 0.15) is 0 Å². The van der Waals surface area contributed by atoms with E-state index in [9.17, 15) is 0 Å². The Bertz CT molecular complexity index is 263. The molecule has 1 aromatic carbocycles. The molecule has 1 aromatic rings. The second kappa shape index (κ2) is 6.40. The minimum atomic E-state index is 0.512. The molecule has 0 aromatic heterocycles. The maximum atomic E-state index is 2.30. The summed E-state index contributed by atoms with van der Waals surface area (Å²) in [5, 5.41) is 1.02. The van der Waals surface area contributed by atoms with Gasteiger partial charge in [0.15, 0.2) is 0 Å². The fourth-order valence-corrected chi connectivity index (χ4v) is 3.91. The van der Waals surface area contributed by atoms with E-state index in [0.717, 1.165) is 8.58 Å². The normalized spacial score (nSPS) is 11.7. The van der Waals surface area contributed by atoms with Gasteiger partial charge in [-0.1, -0.05) is 77.4 Å². The molecule has 0 amide bonds. The molecule has 0 spiro atoms. The summed E-state index contributed by atoms with van der Waals surface area (Å²) in [6.07, 6.45) is 0. The third kappa shape index (κ3) is 11.7. The summed E-state index contributed by atoms with van der Waals surface area (Å²) in [5.41, 5.74) is 1.32. The van der Waals surface area contributed by atoms with E-state index in [4.69, 9.17) is 0 Å². The van der Waals surface area contributed by atoms with Gasteiger partial charge >= 0.3 is 0 Å². The van der Waals surface area contributed by atoms with Crippen LogP contribution in [0.5, 0.6) is 0 Å². The molecule has 0 N–H and O–H groups in total. The Hall–Kier alpha value is -0.350. The van der Waals surface area contributed by atoms with E-state index in [1.54, 1.807) is 0 Å². The molecule has 0 aliphatic carbocycles. The maximum absolute atomic E-state index is 2.30. The molecule has 0 aliphatic rings. The van der Waals surface area contributed by atoms with Crippen molar-refractivity contribution in [3.8, 4) is 0 Å². The molecule has 0 heterocycles. The summed E-state index contributed by atoms with van der Waals surface area (Å²) < 4.78 is 0. The number of aryl methyl sites for hydroxylation is 1. The van der Waals surface area contributed by atoms with Crippen molar-refractivity contribution in [2.24, 2.45) is 0 Å². The maximum Gasteiger partial charge on any atom is -0.0202 e. The second-order valence-electron chi connectivity index (χ2n) is 6.28. The molecule has 0 bridgehead atoms. The predicted octanol–water partition coefficient (Wildman–Crippen LogP) is 5.26. The van der Waals surface area contributed by atoms with E-state index in [1.165, 1.54) is 5.56 Å². The van der Waals surface area contributed by atoms with Gasteiger partial charge in [0, 0.05) is 0 Å². The summed E-state index contributed by atoms with van der Waals surface area (Å²) in [6, 6.07) is 10.3. The lowest BCUT2D eigenvalue weighted by atomic mass is 10.2. The highest BCUT2D eigenvalue weighted by atomic mass is 31.1. The molecule has 0 fully saturated rings. The van der Waals surface area contributed by atoms with Gasteiger partial charge in [-0.3, -0.25) is 0 Å². The average molecular weight is 238 g/mol. The number of hydrogen-bond acceptors (Lipinski definition) is 0. The van der Waals surface area contributed by atoms with Gasteiger partial charge in [0.2, 0.25) is 0 Å². The van der Waals surface area contributed by atoms with Crippen LogP contribution in [0.1, 0.15) is 47.1 Å². The summed E-state index contributed by atoms with van der Waals surface area (Å²) >= 11 is 0. The molecule has 0 nitrogen and oxygen atoms in total. The Kier molecular flexibility index (Phi) is 6.26. The van der Waals surface area contributed by atoms with Gasteiger partial charge in [-0.25, -0.2) is 0 Å². The van der Waals surface area contributed by atoms with Crippen LogP contribution in [0.4, 0.5) is 0 Å². The molecule has 0 radical (unpaired) electrons. The third-order valence-corrected chi connectivity index (χ3v) is 3.19. The molecule has 1 heteroatoms. The van der Waals surface area contributed by atoms with Crippen LogP contribution in [-0.4, -0.2) is 10.3 Å². The van der Waals surface area contributed by atoms with E-state index in [-0.39, 0.29) is 0 Å². The summed E-state index contributed by atoms with van der Waals surface area (Å²) in [7, 11) is 1.05. The Morgan fingerprint density at radius 3 is 1.25 bits per heavy atom. The average Bonchev–Trinajstić information content (AvgIpc) is 1.99. The largest absolute Gasteiger partial charge is 0.111 e. The van der Waals surface area contributed by atoms with Crippen molar-refractivity contribution in [1.29, 1.82) is 0 Å². The van der Waals surface area contributed by atoms with E-state index >= 15 is 0 Å². The van der Waals surface area contributed by atoms with Gasteiger partial charge < -0.3 is 0 Å². The Morgan fingerprint density at radius 1 is 0.750 bits per heavy atom. The molecular formula is C15H27P. The summed E-state index contributed by atoms with van der Waals surface area (Å²) in [5.74, 6) is 0. The van der Waals surface area contributed by atoms with E-state index in [0.29, 0.717) is 10.3 Å². The van der Waals surface area contributed by atoms with Crippen molar-refractivity contribution in [1.82, 2.24) is 0 Å². The fourth-order valence-electron chi connectivity index (χ4n) is 1.66. The highest BCUT2D eigenvalue weighted by Gasteiger charge is 2.19. The van der Waals surface area contributed by atoms with E-state index in [2.05, 4.69) is 60.6 Å². The predicted molar refractivity (Wildman–Crippen MR) is 79.0 cm³/mol. The minimum absolute atomic E-state index is 0.512. The van der Waals surface area contributed by atoms with Crippen LogP contribution in [0.15, 0.2) is 30.3 Å². The van der Waals surface area contributed by atoms with Crippen LogP contribution in [0.2, 0.25) is 0 Å². The first-order chi connectivity index (χ1) is 7.10. The second-order valence-corrected chi connectivity index (χ2v) is 9.53. The van der Waals surface area contributed by atoms with Crippen molar-refractivity contribution in [3.63, 3.8) is 0 Å². The van der Waals surface area contributed by atoms with Crippen LogP contribution >= 0.6 is 8.58 Å². The lowest BCUT2D eigenvalue weighted by Crippen LogP contribution is -2.16. The fraction of sp³-hybridized carbons (Fsp3) is 0.600. The third-order valence-electron chi connectivity index (χ3n) is 1.69. The quantitative estimate of drug-likeness (QED) is 0.541. The molecule has 92 valence electrons. The van der Waals surface area contributed by atoms with Crippen LogP contribution in [0, 0.1) is 6.92 Å².